The molecule has 11 heteroatoms. The lowest BCUT2D eigenvalue weighted by Gasteiger charge is -2.25. The average Bonchev–Trinajstić information content (AvgIpc) is 2.89. The van der Waals surface area contributed by atoms with Gasteiger partial charge in [-0.2, -0.15) is 0 Å². The van der Waals surface area contributed by atoms with Gasteiger partial charge in [0.25, 0.3) is 0 Å². The molecule has 0 saturated carbocycles. The van der Waals surface area contributed by atoms with E-state index < -0.39 is 42.1 Å². The number of benzene rings is 2. The third kappa shape index (κ3) is 9.29. The maximum atomic E-state index is 13.1. The van der Waals surface area contributed by atoms with Gasteiger partial charge in [0, 0.05) is 10.5 Å². The molecule has 0 saturated heterocycles. The number of carboxylic acids is 1. The molecule has 0 spiro atoms. The van der Waals surface area contributed by atoms with Crippen molar-refractivity contribution in [1.82, 2.24) is 10.6 Å². The number of carbonyl (C=O) groups is 4. The van der Waals surface area contributed by atoms with Gasteiger partial charge in [0.15, 0.2) is 5.78 Å². The number of ketones is 1. The van der Waals surface area contributed by atoms with Gasteiger partial charge in [0.2, 0.25) is 11.8 Å². The normalized spacial score (nSPS) is 12.3. The topological polar surface area (TPSA) is 140 Å². The molecular formula is C27H34N2O8S. The molecule has 0 aliphatic carbocycles. The maximum Gasteiger partial charge on any atom is 0.305 e. The summed E-state index contributed by atoms with van der Waals surface area (Å²) in [6.07, 6.45) is -0.652. The Kier molecular flexibility index (Phi) is 11.9. The first-order valence-corrected chi connectivity index (χ1v) is 12.9. The molecule has 2 aromatic carbocycles. The smallest absolute Gasteiger partial charge is 0.305 e. The third-order valence-corrected chi connectivity index (χ3v) is 6.66. The Labute approximate surface area is 226 Å². The number of ether oxygens (including phenoxy) is 3. The largest absolute Gasteiger partial charge is 0.497 e. The van der Waals surface area contributed by atoms with Crippen LogP contribution in [0.1, 0.15) is 25.8 Å². The molecule has 2 rings (SSSR count). The van der Waals surface area contributed by atoms with Crippen LogP contribution in [0.15, 0.2) is 47.4 Å². The number of amides is 2. The summed E-state index contributed by atoms with van der Waals surface area (Å²) in [6.45, 7) is 3.48. The average molecular weight is 547 g/mol. The van der Waals surface area contributed by atoms with E-state index in [0.29, 0.717) is 22.8 Å². The number of hydrogen-bond acceptors (Lipinski definition) is 8. The molecule has 10 nitrogen and oxygen atoms in total. The fourth-order valence-electron chi connectivity index (χ4n) is 3.56. The maximum absolute atomic E-state index is 13.1. The zero-order valence-corrected chi connectivity index (χ0v) is 22.9. The zero-order valence-electron chi connectivity index (χ0n) is 22.1. The second-order valence-corrected chi connectivity index (χ2v) is 9.78. The lowest BCUT2D eigenvalue weighted by molar-refractivity contribution is -0.140. The highest BCUT2D eigenvalue weighted by Gasteiger charge is 2.30. The van der Waals surface area contributed by atoms with E-state index in [1.54, 1.807) is 63.4 Å². The van der Waals surface area contributed by atoms with Crippen LogP contribution in [0, 0.1) is 5.92 Å². The van der Waals surface area contributed by atoms with E-state index in [4.69, 9.17) is 14.2 Å². The minimum atomic E-state index is -1.25. The van der Waals surface area contributed by atoms with Crippen molar-refractivity contribution in [1.29, 1.82) is 0 Å². The molecule has 0 aromatic heterocycles. The Hall–Kier alpha value is -3.73. The molecule has 0 radical (unpaired) electrons. The summed E-state index contributed by atoms with van der Waals surface area (Å²) < 4.78 is 15.6. The van der Waals surface area contributed by atoms with Crippen LogP contribution in [-0.4, -0.2) is 67.8 Å². The Balaban J connectivity index is 2.08. The van der Waals surface area contributed by atoms with E-state index in [1.807, 2.05) is 0 Å². The van der Waals surface area contributed by atoms with Crippen molar-refractivity contribution in [2.24, 2.45) is 5.92 Å². The summed E-state index contributed by atoms with van der Waals surface area (Å²) in [5.74, 6) is -1.42. The van der Waals surface area contributed by atoms with Gasteiger partial charge >= 0.3 is 5.97 Å². The van der Waals surface area contributed by atoms with E-state index in [1.165, 1.54) is 26.0 Å². The van der Waals surface area contributed by atoms with E-state index in [0.717, 1.165) is 4.90 Å². The fourth-order valence-corrected chi connectivity index (χ4v) is 4.40. The van der Waals surface area contributed by atoms with Gasteiger partial charge in [0.05, 0.1) is 46.0 Å². The Bertz CT molecular complexity index is 1120. The summed E-state index contributed by atoms with van der Waals surface area (Å²) in [5.41, 5.74) is 0.571. The van der Waals surface area contributed by atoms with Crippen LogP contribution in [0.4, 0.5) is 0 Å². The number of Topliss-reactive ketones (excluding diaryl/α,β-unsaturated/α-hetero) is 1. The van der Waals surface area contributed by atoms with Gasteiger partial charge in [-0.25, -0.2) is 0 Å². The van der Waals surface area contributed by atoms with Crippen LogP contribution < -0.4 is 24.8 Å². The highest BCUT2D eigenvalue weighted by atomic mass is 32.2. The molecule has 0 aliphatic heterocycles. The van der Waals surface area contributed by atoms with E-state index in [-0.39, 0.29) is 18.1 Å². The molecular weight excluding hydrogens is 512 g/mol. The molecule has 1 unspecified atom stereocenters. The molecule has 0 bridgehead atoms. The van der Waals surface area contributed by atoms with E-state index in [9.17, 15) is 24.3 Å². The number of nitrogens with one attached hydrogen (secondary N) is 2. The molecule has 0 heterocycles. The predicted molar refractivity (Wildman–Crippen MR) is 143 cm³/mol. The molecule has 3 N–H and O–H groups in total. The highest BCUT2D eigenvalue weighted by Crippen LogP contribution is 2.25. The molecule has 2 amide bonds. The van der Waals surface area contributed by atoms with Crippen molar-refractivity contribution in [3.63, 3.8) is 0 Å². The monoisotopic (exact) mass is 546 g/mol. The summed E-state index contributed by atoms with van der Waals surface area (Å²) >= 11 is 1.22. The molecule has 2 aromatic rings. The second-order valence-electron chi connectivity index (χ2n) is 8.73. The number of hydrogen-bond donors (Lipinski definition) is 3. The lowest BCUT2D eigenvalue weighted by Crippen LogP contribution is -2.54. The van der Waals surface area contributed by atoms with Crippen molar-refractivity contribution in [2.45, 2.75) is 43.7 Å². The number of aliphatic carboxylic acids is 1. The Morgan fingerprint density at radius 2 is 1.53 bits per heavy atom. The molecule has 38 heavy (non-hydrogen) atoms. The van der Waals surface area contributed by atoms with Crippen LogP contribution in [-0.2, 0) is 25.6 Å². The van der Waals surface area contributed by atoms with Gasteiger partial charge in [0.1, 0.15) is 23.3 Å². The van der Waals surface area contributed by atoms with Crippen molar-refractivity contribution in [3.05, 3.63) is 48.0 Å². The van der Waals surface area contributed by atoms with Gasteiger partial charge in [-0.1, -0.05) is 13.8 Å². The van der Waals surface area contributed by atoms with Crippen LogP contribution in [0.2, 0.25) is 0 Å². The van der Waals surface area contributed by atoms with Crippen molar-refractivity contribution >= 4 is 35.3 Å². The third-order valence-electron chi connectivity index (χ3n) is 5.63. The Morgan fingerprint density at radius 1 is 0.895 bits per heavy atom. The highest BCUT2D eigenvalue weighted by molar-refractivity contribution is 8.00. The number of carbonyl (C=O) groups excluding carboxylic acids is 3. The van der Waals surface area contributed by atoms with Crippen molar-refractivity contribution < 1.29 is 38.5 Å². The quantitative estimate of drug-likeness (QED) is 0.288. The SMILES string of the molecule is COc1ccc(SCC(=O)C(CC(=O)O)NC(=O)[C@@H](NC(=O)Cc2cc(OC)ccc2OC)C(C)C)cc1. The summed E-state index contributed by atoms with van der Waals surface area (Å²) in [5, 5.41) is 14.6. The van der Waals surface area contributed by atoms with E-state index in [2.05, 4.69) is 10.6 Å². The zero-order chi connectivity index (χ0) is 28.2. The number of methoxy groups -OCH3 is 3. The van der Waals surface area contributed by atoms with Crippen molar-refractivity contribution in [2.75, 3.05) is 27.1 Å². The van der Waals surface area contributed by atoms with Gasteiger partial charge in [-0.05, 0) is 48.4 Å². The number of rotatable bonds is 15. The summed E-state index contributed by atoms with van der Waals surface area (Å²) in [7, 11) is 4.54. The standard InChI is InChI=1S/C27H34N2O8S/c1-16(2)26(29-24(31)13-17-12-19(36-4)8-11-23(17)37-5)27(34)28-21(14-25(32)33)22(30)15-38-20-9-6-18(35-3)7-10-20/h6-12,16,21,26H,13-15H2,1-5H3,(H,28,34)(H,29,31)(H,32,33)/t21?,26-/m0/s1. The fraction of sp³-hybridized carbons (Fsp3) is 0.407. The van der Waals surface area contributed by atoms with Crippen LogP contribution >= 0.6 is 11.8 Å². The van der Waals surface area contributed by atoms with Crippen molar-refractivity contribution in [3.8, 4) is 17.2 Å². The first kappa shape index (κ1) is 30.5. The number of thioether (sulfide) groups is 1. The van der Waals surface area contributed by atoms with Gasteiger partial charge in [-0.15, -0.1) is 11.8 Å². The summed E-state index contributed by atoms with van der Waals surface area (Å²) in [4.78, 5) is 51.0. The number of carboxylic acid groups (broad SMARTS) is 1. The van der Waals surface area contributed by atoms with E-state index >= 15 is 0 Å². The minimum Gasteiger partial charge on any atom is -0.497 e. The second kappa shape index (κ2) is 14.9. The Morgan fingerprint density at radius 3 is 2.08 bits per heavy atom. The molecule has 0 aliphatic rings. The first-order chi connectivity index (χ1) is 18.1. The van der Waals surface area contributed by atoms with Gasteiger partial charge < -0.3 is 30.0 Å². The minimum absolute atomic E-state index is 0.0428. The summed E-state index contributed by atoms with van der Waals surface area (Å²) in [6, 6.07) is 9.88. The van der Waals surface area contributed by atoms with Crippen LogP contribution in [0.5, 0.6) is 17.2 Å². The molecule has 206 valence electrons. The predicted octanol–water partition coefficient (Wildman–Crippen LogP) is 2.72. The molecule has 0 fully saturated rings. The molecule has 2 atom stereocenters. The lowest BCUT2D eigenvalue weighted by atomic mass is 10.0. The van der Waals surface area contributed by atoms with Crippen LogP contribution in [0.25, 0.3) is 0 Å². The van der Waals surface area contributed by atoms with Gasteiger partial charge in [-0.3, -0.25) is 19.2 Å². The first-order valence-electron chi connectivity index (χ1n) is 11.9. The van der Waals surface area contributed by atoms with Crippen LogP contribution in [0.3, 0.4) is 0 Å².